The predicted molar refractivity (Wildman–Crippen MR) is 119 cm³/mol. The highest BCUT2D eigenvalue weighted by atomic mass is 35.5. The summed E-state index contributed by atoms with van der Waals surface area (Å²) < 4.78 is 39.5. The number of nitrogens with zero attached hydrogens (tertiary/aromatic N) is 4. The third-order valence-corrected chi connectivity index (χ3v) is 7.21. The molecular weight excluding hydrogens is 468 g/mol. The second-order valence-electron chi connectivity index (χ2n) is 7.76. The van der Waals surface area contributed by atoms with Crippen LogP contribution < -0.4 is 0 Å². The number of esters is 1. The van der Waals surface area contributed by atoms with Crippen molar-refractivity contribution in [1.82, 2.24) is 15.1 Å². The van der Waals surface area contributed by atoms with Crippen molar-refractivity contribution >= 4 is 33.4 Å². The maximum absolute atomic E-state index is 12.5. The Bertz CT molecular complexity index is 1330. The fourth-order valence-corrected chi connectivity index (χ4v) is 5.27. The van der Waals surface area contributed by atoms with Crippen molar-refractivity contribution in [3.63, 3.8) is 0 Å². The second kappa shape index (κ2) is 8.60. The number of likely N-dealkylation sites (tertiary alicyclic amines) is 1. The maximum Gasteiger partial charge on any atom is 0.309 e. The number of ether oxygens (including phenoxy) is 1. The number of carbonyl (C=O) groups excluding carboxylic acids is 1. The summed E-state index contributed by atoms with van der Waals surface area (Å²) in [5.74, 6) is 0.320. The van der Waals surface area contributed by atoms with Gasteiger partial charge in [0, 0.05) is 29.2 Å². The van der Waals surface area contributed by atoms with E-state index in [1.165, 1.54) is 0 Å². The van der Waals surface area contributed by atoms with Gasteiger partial charge in [-0.05, 0) is 49.2 Å². The van der Waals surface area contributed by atoms with Gasteiger partial charge in [-0.25, -0.2) is 0 Å². The van der Waals surface area contributed by atoms with Crippen molar-refractivity contribution < 1.29 is 22.4 Å². The molecule has 0 atom stereocenters. The summed E-state index contributed by atoms with van der Waals surface area (Å²) in [5.41, 5.74) is 1.32. The van der Waals surface area contributed by atoms with Crippen molar-refractivity contribution in [1.29, 1.82) is 0 Å². The lowest BCUT2D eigenvalue weighted by Gasteiger charge is -2.32. The largest absolute Gasteiger partial charge is 0.455 e. The van der Waals surface area contributed by atoms with Crippen molar-refractivity contribution in [2.45, 2.75) is 24.3 Å². The van der Waals surface area contributed by atoms with Crippen molar-refractivity contribution in [2.24, 2.45) is 10.3 Å². The van der Waals surface area contributed by atoms with Gasteiger partial charge in [-0.1, -0.05) is 23.7 Å². The molecule has 9 nitrogen and oxygen atoms in total. The van der Waals surface area contributed by atoms with Crippen LogP contribution in [0.1, 0.15) is 24.3 Å². The molecule has 5 rings (SSSR count). The molecule has 1 saturated heterocycles. The van der Waals surface area contributed by atoms with E-state index in [1.54, 1.807) is 48.5 Å². The molecule has 170 valence electrons. The van der Waals surface area contributed by atoms with Crippen molar-refractivity contribution in [3.8, 4) is 11.5 Å². The monoisotopic (exact) mass is 486 g/mol. The Morgan fingerprint density at radius 3 is 2.58 bits per heavy atom. The van der Waals surface area contributed by atoms with Crippen LogP contribution in [0.3, 0.4) is 0 Å². The van der Waals surface area contributed by atoms with Gasteiger partial charge in [0.05, 0.1) is 5.92 Å². The topological polar surface area (TPSA) is 115 Å². The summed E-state index contributed by atoms with van der Waals surface area (Å²) in [6.45, 7) is 0.894. The number of sulfonamides is 1. The van der Waals surface area contributed by atoms with Gasteiger partial charge < -0.3 is 14.1 Å². The van der Waals surface area contributed by atoms with Crippen LogP contribution in [0.15, 0.2) is 62.2 Å². The Labute approximate surface area is 195 Å². The van der Waals surface area contributed by atoms with Crippen LogP contribution in [0.2, 0.25) is 5.02 Å². The Kier molecular flexibility index (Phi) is 5.63. The number of aromatic nitrogens is 2. The van der Waals surface area contributed by atoms with E-state index < -0.39 is 10.0 Å². The van der Waals surface area contributed by atoms with Crippen LogP contribution in [-0.2, 0) is 26.2 Å². The normalized spacial score (nSPS) is 17.5. The van der Waals surface area contributed by atoms with Gasteiger partial charge >= 0.3 is 5.97 Å². The van der Waals surface area contributed by atoms with Crippen LogP contribution in [0, 0.1) is 5.92 Å². The number of piperidine rings is 1. The third-order valence-electron chi connectivity index (χ3n) is 5.64. The second-order valence-corrected chi connectivity index (χ2v) is 9.77. The lowest BCUT2D eigenvalue weighted by molar-refractivity contribution is -0.151. The lowest BCUT2D eigenvalue weighted by atomic mass is 9.96. The minimum absolute atomic E-state index is 0.113. The molecule has 0 unspecified atom stereocenters. The fraction of sp³-hybridized carbons (Fsp3) is 0.273. The minimum Gasteiger partial charge on any atom is -0.455 e. The minimum atomic E-state index is -3.67. The Hall–Kier alpha value is -3.24. The van der Waals surface area contributed by atoms with E-state index in [0.717, 1.165) is 5.56 Å². The average molecular weight is 487 g/mol. The van der Waals surface area contributed by atoms with E-state index >= 15 is 0 Å². The number of hydrogen-bond donors (Lipinski definition) is 0. The molecule has 3 aromatic rings. The molecule has 11 heteroatoms. The van der Waals surface area contributed by atoms with E-state index in [9.17, 15) is 13.2 Å². The number of amidine groups is 1. The van der Waals surface area contributed by atoms with Gasteiger partial charge in [0.2, 0.25) is 5.89 Å². The number of carbonyl (C=O) groups is 1. The van der Waals surface area contributed by atoms with Crippen LogP contribution in [0.4, 0.5) is 0 Å². The first-order valence-corrected chi connectivity index (χ1v) is 12.2. The Balaban J connectivity index is 1.16. The molecule has 0 saturated carbocycles. The molecule has 0 bridgehead atoms. The molecule has 2 aliphatic heterocycles. The molecule has 2 aliphatic rings. The van der Waals surface area contributed by atoms with Gasteiger partial charge in [-0.3, -0.25) is 4.79 Å². The summed E-state index contributed by atoms with van der Waals surface area (Å²) in [6.07, 6.45) is 1.06. The average Bonchev–Trinajstić information content (AvgIpc) is 3.41. The molecule has 0 aliphatic carbocycles. The predicted octanol–water partition coefficient (Wildman–Crippen LogP) is 3.29. The van der Waals surface area contributed by atoms with E-state index in [2.05, 4.69) is 14.6 Å². The number of halogens is 1. The molecular formula is C22H19ClN4O5S. The van der Waals surface area contributed by atoms with E-state index in [-0.39, 0.29) is 29.3 Å². The molecule has 0 spiro atoms. The summed E-state index contributed by atoms with van der Waals surface area (Å²) in [5, 5.41) is 8.50. The number of fused-ring (bicyclic) bond motifs is 1. The van der Waals surface area contributed by atoms with E-state index in [4.69, 9.17) is 20.8 Å². The highest BCUT2D eigenvalue weighted by molar-refractivity contribution is 7.90. The van der Waals surface area contributed by atoms with Crippen LogP contribution in [0.25, 0.3) is 11.5 Å². The zero-order chi connectivity index (χ0) is 23.0. The SMILES string of the molecule is O=C(OCc1nnc(-c2ccc(Cl)cc2)o1)C1CCN(C2=NS(=O)(=O)c3ccccc32)CC1. The van der Waals surface area contributed by atoms with Crippen LogP contribution >= 0.6 is 11.6 Å². The molecule has 0 amide bonds. The fourth-order valence-electron chi connectivity index (χ4n) is 3.92. The third kappa shape index (κ3) is 4.36. The van der Waals surface area contributed by atoms with Crippen molar-refractivity contribution in [3.05, 3.63) is 65.0 Å². The molecule has 33 heavy (non-hydrogen) atoms. The highest BCUT2D eigenvalue weighted by Gasteiger charge is 2.34. The quantitative estimate of drug-likeness (QED) is 0.516. The number of benzene rings is 2. The first-order valence-electron chi connectivity index (χ1n) is 10.3. The van der Waals surface area contributed by atoms with Gasteiger partial charge in [-0.2, -0.15) is 8.42 Å². The summed E-state index contributed by atoms with van der Waals surface area (Å²) >= 11 is 5.88. The summed E-state index contributed by atoms with van der Waals surface area (Å²) in [6, 6.07) is 13.7. The molecule has 2 aromatic carbocycles. The summed E-state index contributed by atoms with van der Waals surface area (Å²) in [4.78, 5) is 14.7. The zero-order valence-corrected chi connectivity index (χ0v) is 18.9. The van der Waals surface area contributed by atoms with Crippen molar-refractivity contribution in [2.75, 3.05) is 13.1 Å². The zero-order valence-electron chi connectivity index (χ0n) is 17.3. The van der Waals surface area contributed by atoms with Gasteiger partial charge in [-0.15, -0.1) is 14.6 Å². The van der Waals surface area contributed by atoms with Crippen LogP contribution in [0.5, 0.6) is 0 Å². The standard InChI is InChI=1S/C22H19ClN4O5S/c23-16-7-5-14(6-8-16)21-25-24-19(32-21)13-31-22(28)15-9-11-27(12-10-15)20-17-3-1-2-4-18(17)33(29,30)26-20/h1-8,15H,9-13H2. The summed E-state index contributed by atoms with van der Waals surface area (Å²) in [7, 11) is -3.67. The first-order chi connectivity index (χ1) is 15.9. The Morgan fingerprint density at radius 2 is 1.82 bits per heavy atom. The highest BCUT2D eigenvalue weighted by Crippen LogP contribution is 2.30. The van der Waals surface area contributed by atoms with Gasteiger partial charge in [0.1, 0.15) is 4.90 Å². The van der Waals surface area contributed by atoms with E-state index in [0.29, 0.717) is 48.2 Å². The molecule has 0 radical (unpaired) electrons. The molecule has 1 aromatic heterocycles. The molecule has 3 heterocycles. The maximum atomic E-state index is 12.5. The Morgan fingerprint density at radius 1 is 1.09 bits per heavy atom. The van der Waals surface area contributed by atoms with E-state index in [1.807, 2.05) is 4.90 Å². The first kappa shape index (κ1) is 21.6. The molecule has 0 N–H and O–H groups in total. The lowest BCUT2D eigenvalue weighted by Crippen LogP contribution is -2.40. The van der Waals surface area contributed by atoms with Gasteiger partial charge in [0.15, 0.2) is 12.4 Å². The number of hydrogen-bond acceptors (Lipinski definition) is 8. The smallest absolute Gasteiger partial charge is 0.309 e. The number of rotatable bonds is 4. The van der Waals surface area contributed by atoms with Crippen LogP contribution in [-0.4, -0.2) is 48.4 Å². The van der Waals surface area contributed by atoms with Gasteiger partial charge in [0.25, 0.3) is 15.9 Å². The molecule has 1 fully saturated rings.